The molecule has 4 rings (SSSR count). The normalized spacial score (nSPS) is 15.8. The largest absolute Gasteiger partial charge is 0.460 e. The van der Waals surface area contributed by atoms with Crippen molar-refractivity contribution in [1.29, 1.82) is 5.26 Å². The maximum atomic E-state index is 9.72. The van der Waals surface area contributed by atoms with E-state index >= 15 is 0 Å². The lowest BCUT2D eigenvalue weighted by Gasteiger charge is -2.22. The van der Waals surface area contributed by atoms with Crippen molar-refractivity contribution in [2.45, 2.75) is 25.7 Å². The highest BCUT2D eigenvalue weighted by atomic mass is 35.5. The molecule has 29 heavy (non-hydrogen) atoms. The molecule has 0 radical (unpaired) electrons. The molecule has 0 saturated heterocycles. The summed E-state index contributed by atoms with van der Waals surface area (Å²) >= 11 is 18.7. The second-order valence-corrected chi connectivity index (χ2v) is 7.79. The quantitative estimate of drug-likeness (QED) is 0.524. The van der Waals surface area contributed by atoms with Crippen molar-refractivity contribution in [3.8, 4) is 23.3 Å². The summed E-state index contributed by atoms with van der Waals surface area (Å²) in [6, 6.07) is 8.83. The molecule has 3 aromatic rings. The molecule has 0 saturated carbocycles. The fraction of sp³-hybridized carbons (Fsp3) is 0.200. The number of hydrogen-bond donors (Lipinski definition) is 2. The predicted octanol–water partition coefficient (Wildman–Crippen LogP) is 5.80. The first-order valence-electron chi connectivity index (χ1n) is 8.84. The van der Waals surface area contributed by atoms with Crippen LogP contribution in [-0.4, -0.2) is 10.2 Å². The second-order valence-electron chi connectivity index (χ2n) is 6.54. The topological polar surface area (TPSA) is 101 Å². The third kappa shape index (κ3) is 3.36. The highest BCUT2D eigenvalue weighted by Crippen LogP contribution is 2.45. The molecule has 1 aliphatic heterocycles. The van der Waals surface area contributed by atoms with Crippen molar-refractivity contribution >= 4 is 34.8 Å². The number of fused-ring (bicyclic) bond motifs is 1. The number of ether oxygens (including phenoxy) is 1. The number of hydrogen-bond acceptors (Lipinski definition) is 5. The Morgan fingerprint density at radius 1 is 1.24 bits per heavy atom. The van der Waals surface area contributed by atoms with Gasteiger partial charge in [0.05, 0.1) is 27.1 Å². The van der Waals surface area contributed by atoms with Crippen LogP contribution in [-0.2, 0) is 6.42 Å². The van der Waals surface area contributed by atoms with Gasteiger partial charge < -0.3 is 14.9 Å². The summed E-state index contributed by atoms with van der Waals surface area (Å²) in [5.41, 5.74) is 8.37. The van der Waals surface area contributed by atoms with Crippen LogP contribution >= 0.6 is 34.8 Å². The Morgan fingerprint density at radius 2 is 1.97 bits per heavy atom. The zero-order chi connectivity index (χ0) is 20.7. The number of allylic oxidation sites excluding steroid dienone is 1. The van der Waals surface area contributed by atoms with Crippen LogP contribution in [0.4, 0.5) is 0 Å². The molecule has 148 valence electrons. The number of halogens is 3. The van der Waals surface area contributed by atoms with Gasteiger partial charge in [0.1, 0.15) is 23.2 Å². The Hall–Kier alpha value is -2.59. The number of nitrogens with zero attached hydrogens (tertiary/aromatic N) is 2. The highest BCUT2D eigenvalue weighted by Gasteiger charge is 2.37. The summed E-state index contributed by atoms with van der Waals surface area (Å²) in [6.07, 6.45) is 1.63. The van der Waals surface area contributed by atoms with Crippen molar-refractivity contribution in [1.82, 2.24) is 10.2 Å². The van der Waals surface area contributed by atoms with Crippen molar-refractivity contribution in [2.24, 2.45) is 5.73 Å². The Labute approximate surface area is 181 Å². The van der Waals surface area contributed by atoms with E-state index in [4.69, 9.17) is 49.7 Å². The van der Waals surface area contributed by atoms with Gasteiger partial charge in [-0.15, -0.1) is 5.10 Å². The predicted molar refractivity (Wildman–Crippen MR) is 111 cm³/mol. The number of nitriles is 1. The van der Waals surface area contributed by atoms with Crippen molar-refractivity contribution in [2.75, 3.05) is 0 Å². The number of nitrogens with one attached hydrogen (secondary N) is 1. The van der Waals surface area contributed by atoms with Crippen LogP contribution in [0.3, 0.4) is 0 Å². The highest BCUT2D eigenvalue weighted by molar-refractivity contribution is 6.41. The van der Waals surface area contributed by atoms with Gasteiger partial charge in [0.25, 0.3) is 0 Å². The standard InChI is InChI=1S/C20H15Cl3N4O2/c1-2-3-13-18-16(10(8-24)19(25)29-20(18)27-26-13)14-4-5-15(28-14)17-11(22)6-9(21)7-12(17)23/h4-7,16H,2-3,25H2,1H3,(H,26,27)/t16-/m1/s1. The molecule has 1 aliphatic rings. The molecule has 1 atom stereocenters. The lowest BCUT2D eigenvalue weighted by molar-refractivity contribution is 0.371. The van der Waals surface area contributed by atoms with E-state index in [0.717, 1.165) is 24.1 Å². The summed E-state index contributed by atoms with van der Waals surface area (Å²) in [5, 5.41) is 18.1. The fourth-order valence-corrected chi connectivity index (χ4v) is 4.46. The van der Waals surface area contributed by atoms with Gasteiger partial charge in [-0.25, -0.2) is 0 Å². The van der Waals surface area contributed by atoms with Crippen LogP contribution in [0.15, 0.2) is 40.1 Å². The molecule has 3 heterocycles. The van der Waals surface area contributed by atoms with Gasteiger partial charge in [0.15, 0.2) is 0 Å². The molecule has 2 aromatic heterocycles. The number of aryl methyl sites for hydroxylation is 1. The Balaban J connectivity index is 1.86. The van der Waals surface area contributed by atoms with E-state index in [2.05, 4.69) is 23.2 Å². The zero-order valence-electron chi connectivity index (χ0n) is 15.2. The molecule has 6 nitrogen and oxygen atoms in total. The van der Waals surface area contributed by atoms with E-state index in [1.54, 1.807) is 24.3 Å². The van der Waals surface area contributed by atoms with Crippen LogP contribution in [0, 0.1) is 11.3 Å². The molecule has 0 aliphatic carbocycles. The van der Waals surface area contributed by atoms with E-state index in [9.17, 15) is 5.26 Å². The minimum absolute atomic E-state index is 0.0000520. The third-order valence-electron chi connectivity index (χ3n) is 4.68. The molecule has 3 N–H and O–H groups in total. The average molecular weight is 450 g/mol. The number of aromatic amines is 1. The molecule has 0 bridgehead atoms. The lowest BCUT2D eigenvalue weighted by atomic mass is 9.87. The fourth-order valence-electron chi connectivity index (χ4n) is 3.45. The van der Waals surface area contributed by atoms with Crippen molar-refractivity contribution in [3.63, 3.8) is 0 Å². The molecule has 1 aromatic carbocycles. The van der Waals surface area contributed by atoms with Gasteiger partial charge in [-0.2, -0.15) is 5.26 Å². The summed E-state index contributed by atoms with van der Waals surface area (Å²) in [6.45, 7) is 2.05. The van der Waals surface area contributed by atoms with Crippen LogP contribution in [0.5, 0.6) is 5.88 Å². The zero-order valence-corrected chi connectivity index (χ0v) is 17.5. The average Bonchev–Trinajstić information content (AvgIpc) is 3.28. The van der Waals surface area contributed by atoms with Gasteiger partial charge in [-0.1, -0.05) is 48.1 Å². The van der Waals surface area contributed by atoms with Crippen LogP contribution < -0.4 is 10.5 Å². The molecule has 0 spiro atoms. The smallest absolute Gasteiger partial charge is 0.244 e. The minimum atomic E-state index is -0.553. The van der Waals surface area contributed by atoms with Gasteiger partial charge in [-0.3, -0.25) is 5.10 Å². The first-order valence-corrected chi connectivity index (χ1v) is 9.97. The van der Waals surface area contributed by atoms with Crippen LogP contribution in [0.25, 0.3) is 11.3 Å². The van der Waals surface area contributed by atoms with E-state index in [0.29, 0.717) is 38.0 Å². The molecule has 9 heteroatoms. The Bertz CT molecular complexity index is 1150. The first-order chi connectivity index (χ1) is 13.9. The third-order valence-corrected chi connectivity index (χ3v) is 5.50. The number of furan rings is 1. The van der Waals surface area contributed by atoms with Gasteiger partial charge in [0.2, 0.25) is 11.8 Å². The molecular weight excluding hydrogens is 435 g/mol. The number of benzene rings is 1. The number of aromatic nitrogens is 2. The Morgan fingerprint density at radius 3 is 2.62 bits per heavy atom. The van der Waals surface area contributed by atoms with E-state index in [-0.39, 0.29) is 11.5 Å². The second kappa shape index (κ2) is 7.68. The maximum absolute atomic E-state index is 9.72. The number of rotatable bonds is 4. The summed E-state index contributed by atoms with van der Waals surface area (Å²) < 4.78 is 11.7. The first kappa shape index (κ1) is 19.7. The summed E-state index contributed by atoms with van der Waals surface area (Å²) in [4.78, 5) is 0. The van der Waals surface area contributed by atoms with Crippen LogP contribution in [0.1, 0.15) is 36.3 Å². The maximum Gasteiger partial charge on any atom is 0.244 e. The monoisotopic (exact) mass is 448 g/mol. The van der Waals surface area contributed by atoms with Crippen LogP contribution in [0.2, 0.25) is 15.1 Å². The molecule has 0 fully saturated rings. The van der Waals surface area contributed by atoms with Crippen molar-refractivity contribution < 1.29 is 9.15 Å². The number of nitrogens with two attached hydrogens (primary N) is 1. The molecule has 0 amide bonds. The summed E-state index contributed by atoms with van der Waals surface area (Å²) in [5.74, 6) is 0.749. The SMILES string of the molecule is CCCc1[nH]nc2c1[C@@H](c1ccc(-c3c(Cl)cc(Cl)cc3Cl)o1)C(C#N)=C(N)O2. The van der Waals surface area contributed by atoms with E-state index in [1.165, 1.54) is 0 Å². The van der Waals surface area contributed by atoms with Gasteiger partial charge >= 0.3 is 0 Å². The molecule has 0 unspecified atom stereocenters. The van der Waals surface area contributed by atoms with Crippen molar-refractivity contribution in [3.05, 3.63) is 67.8 Å². The lowest BCUT2D eigenvalue weighted by Crippen LogP contribution is -2.21. The Kier molecular flexibility index (Phi) is 5.22. The van der Waals surface area contributed by atoms with E-state index in [1.807, 2.05) is 0 Å². The van der Waals surface area contributed by atoms with E-state index < -0.39 is 5.92 Å². The molecular formula is C20H15Cl3N4O2. The van der Waals surface area contributed by atoms with Gasteiger partial charge in [-0.05, 0) is 30.7 Å². The van der Waals surface area contributed by atoms with Gasteiger partial charge in [0, 0.05) is 10.7 Å². The summed E-state index contributed by atoms with van der Waals surface area (Å²) in [7, 11) is 0. The minimum Gasteiger partial charge on any atom is -0.460 e. The number of H-pyrrole nitrogens is 1.